The summed E-state index contributed by atoms with van der Waals surface area (Å²) in [6, 6.07) is 0. The van der Waals surface area contributed by atoms with Gasteiger partial charge in [0.2, 0.25) is 5.91 Å². The van der Waals surface area contributed by atoms with Crippen LogP contribution in [-0.4, -0.2) is 47.2 Å². The van der Waals surface area contributed by atoms with Crippen molar-refractivity contribution in [3.8, 4) is 0 Å². The maximum atomic E-state index is 12.5. The van der Waals surface area contributed by atoms with Crippen LogP contribution >= 0.6 is 0 Å². The second-order valence-corrected chi connectivity index (χ2v) is 5.90. The molecule has 0 bridgehead atoms. The molecule has 108 valence electrons. The standard InChI is InChI=1S/C14H23NO4/c1-9-7-15(8-10(2)19-9)13(16)11-4-3-5-12(6-11)14(17)18/h9-12H,3-8H2,1-2H3,(H,17,18). The van der Waals surface area contributed by atoms with Gasteiger partial charge in [-0.2, -0.15) is 0 Å². The second-order valence-electron chi connectivity index (χ2n) is 5.90. The minimum absolute atomic E-state index is 0.0616. The topological polar surface area (TPSA) is 66.8 Å². The van der Waals surface area contributed by atoms with Crippen LogP contribution in [0.1, 0.15) is 39.5 Å². The Morgan fingerprint density at radius 3 is 2.26 bits per heavy atom. The fourth-order valence-corrected chi connectivity index (χ4v) is 3.25. The van der Waals surface area contributed by atoms with Crippen molar-refractivity contribution < 1.29 is 19.4 Å². The number of morpholine rings is 1. The molecular formula is C14H23NO4. The highest BCUT2D eigenvalue weighted by Crippen LogP contribution is 2.31. The monoisotopic (exact) mass is 269 g/mol. The first kappa shape index (κ1) is 14.3. The van der Waals surface area contributed by atoms with Crippen molar-refractivity contribution in [1.29, 1.82) is 0 Å². The second kappa shape index (κ2) is 5.90. The molecular weight excluding hydrogens is 246 g/mol. The van der Waals surface area contributed by atoms with Gasteiger partial charge in [0, 0.05) is 19.0 Å². The molecule has 1 amide bonds. The summed E-state index contributed by atoms with van der Waals surface area (Å²) in [5.74, 6) is -1.11. The summed E-state index contributed by atoms with van der Waals surface area (Å²) in [7, 11) is 0. The van der Waals surface area contributed by atoms with Crippen LogP contribution in [0.4, 0.5) is 0 Å². The number of hydrogen-bond donors (Lipinski definition) is 1. The molecule has 5 nitrogen and oxygen atoms in total. The van der Waals surface area contributed by atoms with Crippen molar-refractivity contribution in [2.75, 3.05) is 13.1 Å². The largest absolute Gasteiger partial charge is 0.481 e. The van der Waals surface area contributed by atoms with Crippen LogP contribution in [0, 0.1) is 11.8 Å². The van der Waals surface area contributed by atoms with E-state index in [0.29, 0.717) is 25.9 Å². The molecule has 5 heteroatoms. The molecule has 2 fully saturated rings. The Hall–Kier alpha value is -1.10. The zero-order chi connectivity index (χ0) is 14.0. The van der Waals surface area contributed by atoms with Crippen molar-refractivity contribution in [3.05, 3.63) is 0 Å². The number of carbonyl (C=O) groups excluding carboxylic acids is 1. The van der Waals surface area contributed by atoms with E-state index >= 15 is 0 Å². The Bertz CT molecular complexity index is 347. The van der Waals surface area contributed by atoms with Gasteiger partial charge in [-0.05, 0) is 33.1 Å². The average molecular weight is 269 g/mol. The van der Waals surface area contributed by atoms with E-state index in [1.54, 1.807) is 0 Å². The number of amides is 1. The summed E-state index contributed by atoms with van der Waals surface area (Å²) in [5.41, 5.74) is 0. The first-order chi connectivity index (χ1) is 8.97. The van der Waals surface area contributed by atoms with Crippen LogP contribution < -0.4 is 0 Å². The molecule has 2 aliphatic rings. The van der Waals surface area contributed by atoms with E-state index in [-0.39, 0.29) is 30.0 Å². The van der Waals surface area contributed by atoms with E-state index in [4.69, 9.17) is 9.84 Å². The zero-order valence-electron chi connectivity index (χ0n) is 11.7. The minimum Gasteiger partial charge on any atom is -0.481 e. The molecule has 19 heavy (non-hydrogen) atoms. The maximum Gasteiger partial charge on any atom is 0.306 e. The lowest BCUT2D eigenvalue weighted by atomic mass is 9.80. The third kappa shape index (κ3) is 3.47. The molecule has 0 radical (unpaired) electrons. The van der Waals surface area contributed by atoms with Crippen molar-refractivity contribution in [2.24, 2.45) is 11.8 Å². The van der Waals surface area contributed by atoms with Gasteiger partial charge >= 0.3 is 5.97 Å². The number of carbonyl (C=O) groups is 2. The highest BCUT2D eigenvalue weighted by atomic mass is 16.5. The molecule has 2 rings (SSSR count). The van der Waals surface area contributed by atoms with E-state index < -0.39 is 5.97 Å². The maximum absolute atomic E-state index is 12.5. The van der Waals surface area contributed by atoms with Crippen molar-refractivity contribution in [1.82, 2.24) is 4.90 Å². The molecule has 1 saturated heterocycles. The molecule has 1 saturated carbocycles. The van der Waals surface area contributed by atoms with Crippen molar-refractivity contribution in [3.63, 3.8) is 0 Å². The Kier molecular flexibility index (Phi) is 4.45. The van der Waals surface area contributed by atoms with Crippen LogP contribution in [0.25, 0.3) is 0 Å². The van der Waals surface area contributed by atoms with Gasteiger partial charge in [-0.3, -0.25) is 9.59 Å². The van der Waals surface area contributed by atoms with Gasteiger partial charge in [0.15, 0.2) is 0 Å². The van der Waals surface area contributed by atoms with E-state index in [1.165, 1.54) is 0 Å². The van der Waals surface area contributed by atoms with Gasteiger partial charge in [-0.25, -0.2) is 0 Å². The van der Waals surface area contributed by atoms with Gasteiger partial charge in [-0.15, -0.1) is 0 Å². The Labute approximate surface area is 113 Å². The van der Waals surface area contributed by atoms with Crippen LogP contribution in [-0.2, 0) is 14.3 Å². The minimum atomic E-state index is -0.763. The molecule has 0 aromatic rings. The number of rotatable bonds is 2. The number of carboxylic acids is 1. The van der Waals surface area contributed by atoms with E-state index in [0.717, 1.165) is 12.8 Å². The number of aliphatic carboxylic acids is 1. The number of carboxylic acid groups (broad SMARTS) is 1. The van der Waals surface area contributed by atoms with Crippen LogP contribution in [0.3, 0.4) is 0 Å². The molecule has 1 heterocycles. The van der Waals surface area contributed by atoms with Gasteiger partial charge < -0.3 is 14.7 Å². The fraction of sp³-hybridized carbons (Fsp3) is 0.857. The predicted molar refractivity (Wildman–Crippen MR) is 69.7 cm³/mol. The summed E-state index contributed by atoms with van der Waals surface area (Å²) in [6.45, 7) is 5.18. The highest BCUT2D eigenvalue weighted by Gasteiger charge is 2.35. The zero-order valence-corrected chi connectivity index (χ0v) is 11.7. The van der Waals surface area contributed by atoms with Gasteiger partial charge in [0.25, 0.3) is 0 Å². The number of hydrogen-bond acceptors (Lipinski definition) is 3. The normalized spacial score (nSPS) is 36.0. The number of nitrogens with zero attached hydrogens (tertiary/aromatic N) is 1. The lowest BCUT2D eigenvalue weighted by molar-refractivity contribution is -0.151. The predicted octanol–water partition coefficient (Wildman–Crippen LogP) is 1.51. The molecule has 1 N–H and O–H groups in total. The van der Waals surface area contributed by atoms with Crippen LogP contribution in [0.15, 0.2) is 0 Å². The van der Waals surface area contributed by atoms with E-state index in [2.05, 4.69) is 0 Å². The highest BCUT2D eigenvalue weighted by molar-refractivity contribution is 5.80. The molecule has 4 atom stereocenters. The van der Waals surface area contributed by atoms with Gasteiger partial charge in [-0.1, -0.05) is 6.42 Å². The quantitative estimate of drug-likeness (QED) is 0.825. The third-order valence-electron chi connectivity index (χ3n) is 4.10. The molecule has 1 aliphatic carbocycles. The average Bonchev–Trinajstić information content (AvgIpc) is 2.37. The van der Waals surface area contributed by atoms with E-state index in [9.17, 15) is 9.59 Å². The molecule has 0 aromatic heterocycles. The smallest absolute Gasteiger partial charge is 0.306 e. The Balaban J connectivity index is 1.96. The summed E-state index contributed by atoms with van der Waals surface area (Å²) in [6.07, 6.45) is 2.98. The summed E-state index contributed by atoms with van der Waals surface area (Å²) in [4.78, 5) is 25.4. The van der Waals surface area contributed by atoms with Gasteiger partial charge in [0.1, 0.15) is 0 Å². The van der Waals surface area contributed by atoms with Gasteiger partial charge in [0.05, 0.1) is 18.1 Å². The summed E-state index contributed by atoms with van der Waals surface area (Å²) in [5, 5.41) is 9.09. The van der Waals surface area contributed by atoms with Crippen LogP contribution in [0.2, 0.25) is 0 Å². The Morgan fingerprint density at radius 1 is 1.11 bits per heavy atom. The molecule has 0 spiro atoms. The molecule has 4 unspecified atom stereocenters. The van der Waals surface area contributed by atoms with Crippen molar-refractivity contribution >= 4 is 11.9 Å². The molecule has 1 aliphatic heterocycles. The summed E-state index contributed by atoms with van der Waals surface area (Å²) >= 11 is 0. The first-order valence-corrected chi connectivity index (χ1v) is 7.14. The lowest BCUT2D eigenvalue weighted by Gasteiger charge is -2.38. The third-order valence-corrected chi connectivity index (χ3v) is 4.10. The number of ether oxygens (including phenoxy) is 1. The first-order valence-electron chi connectivity index (χ1n) is 7.14. The van der Waals surface area contributed by atoms with Crippen LogP contribution in [0.5, 0.6) is 0 Å². The fourth-order valence-electron chi connectivity index (χ4n) is 3.25. The van der Waals surface area contributed by atoms with Crippen molar-refractivity contribution in [2.45, 2.75) is 51.7 Å². The summed E-state index contributed by atoms with van der Waals surface area (Å²) < 4.78 is 5.63. The van der Waals surface area contributed by atoms with E-state index in [1.807, 2.05) is 18.7 Å². The lowest BCUT2D eigenvalue weighted by Crippen LogP contribution is -2.50. The SMILES string of the molecule is CC1CN(C(=O)C2CCCC(C(=O)O)C2)CC(C)O1. The molecule has 0 aromatic carbocycles. The Morgan fingerprint density at radius 2 is 1.68 bits per heavy atom.